The van der Waals surface area contributed by atoms with Crippen molar-refractivity contribution in [3.8, 4) is 28.0 Å². The number of hydrogen-bond donors (Lipinski definition) is 0. The number of hydrogen-bond acceptors (Lipinski definition) is 2. The van der Waals surface area contributed by atoms with Gasteiger partial charge in [0.15, 0.2) is 0 Å². The molecule has 0 aliphatic rings. The molecule has 1 heterocycles. The molecule has 0 saturated carbocycles. The largest absolute Gasteiger partial charge is 0.495 e. The lowest BCUT2D eigenvalue weighted by atomic mass is 10.00. The molecule has 0 amide bonds. The highest BCUT2D eigenvalue weighted by Crippen LogP contribution is 2.43. The molecule has 3 aromatic rings. The van der Waals surface area contributed by atoms with Crippen molar-refractivity contribution in [3.05, 3.63) is 66.8 Å². The number of aromatic nitrogens is 1. The topological polar surface area (TPSA) is 22.1 Å². The Kier molecular flexibility index (Phi) is 6.13. The van der Waals surface area contributed by atoms with E-state index < -0.39 is 0 Å². The van der Waals surface area contributed by atoms with Crippen LogP contribution < -0.4 is 4.74 Å². The van der Waals surface area contributed by atoms with Crippen molar-refractivity contribution in [1.29, 1.82) is 0 Å². The summed E-state index contributed by atoms with van der Waals surface area (Å²) in [4.78, 5) is 4.29. The first-order valence-corrected chi connectivity index (χ1v) is 9.42. The van der Waals surface area contributed by atoms with E-state index in [0.29, 0.717) is 48.1 Å². The molecule has 0 spiro atoms. The molecule has 0 bridgehead atoms. The highest BCUT2D eigenvalue weighted by atomic mass is 35.5. The molecule has 0 aliphatic heterocycles. The zero-order valence-corrected chi connectivity index (χ0v) is 17.6. The summed E-state index contributed by atoms with van der Waals surface area (Å²) < 4.78 is 5.63. The standard InChI is InChI=1S/C18H9Cl6NO/c1-26-18-10(8-2-12(19)16(23)13(20)3-8)6-25-7-11(18)9-4-14(21)17(24)15(22)5-9/h2-7H,1H3. The van der Waals surface area contributed by atoms with Crippen molar-refractivity contribution >= 4 is 69.6 Å². The fraction of sp³-hybridized carbons (Fsp3) is 0.0556. The number of nitrogens with zero attached hydrogens (tertiary/aromatic N) is 1. The quantitative estimate of drug-likeness (QED) is 0.361. The van der Waals surface area contributed by atoms with Gasteiger partial charge in [-0.15, -0.1) is 0 Å². The van der Waals surface area contributed by atoms with Gasteiger partial charge in [-0.05, 0) is 35.4 Å². The Labute approximate surface area is 180 Å². The Morgan fingerprint density at radius 1 is 0.654 bits per heavy atom. The summed E-state index contributed by atoms with van der Waals surface area (Å²) in [5.41, 5.74) is 2.80. The summed E-state index contributed by atoms with van der Waals surface area (Å²) in [6, 6.07) is 6.78. The molecular formula is C18H9Cl6NO. The zero-order chi connectivity index (χ0) is 19.0. The molecule has 26 heavy (non-hydrogen) atoms. The van der Waals surface area contributed by atoms with Gasteiger partial charge in [0.2, 0.25) is 0 Å². The first kappa shape index (κ1) is 19.9. The molecule has 0 unspecified atom stereocenters. The number of rotatable bonds is 3. The second-order valence-electron chi connectivity index (χ2n) is 5.28. The molecule has 1 aromatic heterocycles. The van der Waals surface area contributed by atoms with Crippen LogP contribution in [0, 0.1) is 0 Å². The minimum absolute atomic E-state index is 0.288. The summed E-state index contributed by atoms with van der Waals surface area (Å²) in [5.74, 6) is 0.559. The van der Waals surface area contributed by atoms with Gasteiger partial charge in [-0.25, -0.2) is 0 Å². The summed E-state index contributed by atoms with van der Waals surface area (Å²) in [6.45, 7) is 0. The van der Waals surface area contributed by atoms with Gasteiger partial charge in [-0.3, -0.25) is 4.98 Å². The van der Waals surface area contributed by atoms with Gasteiger partial charge in [0, 0.05) is 23.5 Å². The fourth-order valence-electron chi connectivity index (χ4n) is 2.50. The molecule has 134 valence electrons. The van der Waals surface area contributed by atoms with Crippen LogP contribution >= 0.6 is 69.6 Å². The maximum atomic E-state index is 6.15. The average Bonchev–Trinajstić information content (AvgIpc) is 2.62. The molecule has 2 aromatic carbocycles. The van der Waals surface area contributed by atoms with Crippen LogP contribution in [-0.2, 0) is 0 Å². The lowest BCUT2D eigenvalue weighted by Gasteiger charge is -2.15. The molecular weight excluding hydrogens is 459 g/mol. The van der Waals surface area contributed by atoms with Gasteiger partial charge in [-0.1, -0.05) is 69.6 Å². The predicted molar refractivity (Wildman–Crippen MR) is 112 cm³/mol. The van der Waals surface area contributed by atoms with Crippen LogP contribution in [0.3, 0.4) is 0 Å². The van der Waals surface area contributed by atoms with Crippen LogP contribution in [0.5, 0.6) is 5.75 Å². The van der Waals surface area contributed by atoms with Gasteiger partial charge in [0.05, 0.1) is 37.2 Å². The van der Waals surface area contributed by atoms with Crippen molar-refractivity contribution in [3.63, 3.8) is 0 Å². The Bertz CT molecular complexity index is 883. The van der Waals surface area contributed by atoms with E-state index in [4.69, 9.17) is 74.3 Å². The first-order valence-electron chi connectivity index (χ1n) is 7.15. The molecule has 2 nitrogen and oxygen atoms in total. The van der Waals surface area contributed by atoms with E-state index in [0.717, 1.165) is 0 Å². The summed E-state index contributed by atoms with van der Waals surface area (Å²) in [6.07, 6.45) is 3.30. The van der Waals surface area contributed by atoms with Gasteiger partial charge in [-0.2, -0.15) is 0 Å². The third-order valence-electron chi connectivity index (χ3n) is 3.69. The van der Waals surface area contributed by atoms with E-state index in [2.05, 4.69) is 4.98 Å². The van der Waals surface area contributed by atoms with Crippen molar-refractivity contribution in [2.24, 2.45) is 0 Å². The maximum absolute atomic E-state index is 6.15. The zero-order valence-electron chi connectivity index (χ0n) is 13.1. The van der Waals surface area contributed by atoms with Crippen molar-refractivity contribution < 1.29 is 4.74 Å². The molecule has 8 heteroatoms. The number of pyridine rings is 1. The van der Waals surface area contributed by atoms with Crippen molar-refractivity contribution in [2.45, 2.75) is 0 Å². The Morgan fingerprint density at radius 3 is 1.31 bits per heavy atom. The SMILES string of the molecule is COc1c(-c2cc(Cl)c(Cl)c(Cl)c2)cncc1-c1cc(Cl)c(Cl)c(Cl)c1. The van der Waals surface area contributed by atoms with Crippen LogP contribution in [0.4, 0.5) is 0 Å². The monoisotopic (exact) mass is 465 g/mol. The van der Waals surface area contributed by atoms with E-state index in [1.54, 1.807) is 43.8 Å². The third kappa shape index (κ3) is 3.73. The van der Waals surface area contributed by atoms with E-state index in [1.165, 1.54) is 0 Å². The van der Waals surface area contributed by atoms with Gasteiger partial charge in [0.25, 0.3) is 0 Å². The van der Waals surface area contributed by atoms with Crippen molar-refractivity contribution in [2.75, 3.05) is 7.11 Å². The summed E-state index contributed by atoms with van der Waals surface area (Å²) in [5, 5.41) is 1.91. The predicted octanol–water partition coefficient (Wildman–Crippen LogP) is 8.34. The van der Waals surface area contributed by atoms with Gasteiger partial charge >= 0.3 is 0 Å². The van der Waals surface area contributed by atoms with Crippen LogP contribution in [0.2, 0.25) is 30.1 Å². The van der Waals surface area contributed by atoms with Crippen LogP contribution in [0.25, 0.3) is 22.3 Å². The smallest absolute Gasteiger partial charge is 0.137 e. The maximum Gasteiger partial charge on any atom is 0.137 e. The third-order valence-corrected chi connectivity index (χ3v) is 6.08. The van der Waals surface area contributed by atoms with E-state index in [-0.39, 0.29) is 10.0 Å². The summed E-state index contributed by atoms with van der Waals surface area (Å²) in [7, 11) is 1.56. The fourth-order valence-corrected chi connectivity index (χ4v) is 3.69. The molecule has 3 rings (SSSR count). The first-order chi connectivity index (χ1) is 12.3. The molecule has 0 N–H and O–H groups in total. The number of methoxy groups -OCH3 is 1. The van der Waals surface area contributed by atoms with Gasteiger partial charge in [0.1, 0.15) is 5.75 Å². The molecule has 0 saturated heterocycles. The Morgan fingerprint density at radius 2 is 1.00 bits per heavy atom. The second-order valence-corrected chi connectivity index (χ2v) is 7.66. The highest BCUT2D eigenvalue weighted by molar-refractivity contribution is 6.49. The second kappa shape index (κ2) is 8.02. The molecule has 0 aliphatic carbocycles. The van der Waals surface area contributed by atoms with Crippen LogP contribution in [-0.4, -0.2) is 12.1 Å². The lowest BCUT2D eigenvalue weighted by Crippen LogP contribution is -1.94. The number of benzene rings is 2. The van der Waals surface area contributed by atoms with Gasteiger partial charge < -0.3 is 4.74 Å². The van der Waals surface area contributed by atoms with E-state index in [9.17, 15) is 0 Å². The number of halogens is 6. The Hall–Kier alpha value is -0.870. The molecule has 0 atom stereocenters. The highest BCUT2D eigenvalue weighted by Gasteiger charge is 2.17. The number of ether oxygens (including phenoxy) is 1. The summed E-state index contributed by atoms with van der Waals surface area (Å²) >= 11 is 36.7. The molecule has 0 fully saturated rings. The average molecular weight is 468 g/mol. The van der Waals surface area contributed by atoms with E-state index >= 15 is 0 Å². The van der Waals surface area contributed by atoms with Crippen LogP contribution in [0.1, 0.15) is 0 Å². The van der Waals surface area contributed by atoms with Crippen LogP contribution in [0.15, 0.2) is 36.7 Å². The van der Waals surface area contributed by atoms with E-state index in [1.807, 2.05) is 0 Å². The van der Waals surface area contributed by atoms with Crippen molar-refractivity contribution in [1.82, 2.24) is 4.98 Å². The normalized spacial score (nSPS) is 10.9. The lowest BCUT2D eigenvalue weighted by molar-refractivity contribution is 0.417. The Balaban J connectivity index is 2.24. The molecule has 0 radical (unpaired) electrons. The minimum atomic E-state index is 0.288. The minimum Gasteiger partial charge on any atom is -0.495 e.